The van der Waals surface area contributed by atoms with Crippen molar-refractivity contribution < 1.29 is 4.74 Å². The molecule has 2 unspecified atom stereocenters. The Kier molecular flexibility index (Phi) is 7.78. The van der Waals surface area contributed by atoms with Crippen molar-refractivity contribution in [2.75, 3.05) is 6.61 Å². The summed E-state index contributed by atoms with van der Waals surface area (Å²) >= 11 is 6.02. The average molecular weight is 207 g/mol. The van der Waals surface area contributed by atoms with E-state index in [0.29, 0.717) is 5.92 Å². The summed E-state index contributed by atoms with van der Waals surface area (Å²) in [5.74, 6) is 1.22. The molecule has 13 heavy (non-hydrogen) atoms. The average Bonchev–Trinajstić information content (AvgIpc) is 2.10. The fraction of sp³-hybridized carbons (Fsp3) is 1.00. The second-order valence-corrected chi connectivity index (χ2v) is 4.57. The Labute approximate surface area is 87.8 Å². The fourth-order valence-corrected chi connectivity index (χ4v) is 1.30. The van der Waals surface area contributed by atoms with Gasteiger partial charge in [0, 0.05) is 6.61 Å². The zero-order chi connectivity index (χ0) is 10.3. The van der Waals surface area contributed by atoms with Crippen LogP contribution < -0.4 is 0 Å². The van der Waals surface area contributed by atoms with Crippen molar-refractivity contribution in [3.63, 3.8) is 0 Å². The van der Waals surface area contributed by atoms with Gasteiger partial charge in [-0.15, -0.1) is 0 Å². The van der Waals surface area contributed by atoms with E-state index < -0.39 is 0 Å². The molecule has 80 valence electrons. The summed E-state index contributed by atoms with van der Waals surface area (Å²) in [6.07, 6.45) is 3.43. The van der Waals surface area contributed by atoms with Crippen LogP contribution in [-0.2, 0) is 4.74 Å². The van der Waals surface area contributed by atoms with Gasteiger partial charge in [-0.1, -0.05) is 39.3 Å². The molecule has 0 heterocycles. The summed E-state index contributed by atoms with van der Waals surface area (Å²) in [6, 6.07) is 0. The molecule has 0 aliphatic carbocycles. The number of hydrogen-bond acceptors (Lipinski definition) is 1. The Morgan fingerprint density at radius 3 is 2.31 bits per heavy atom. The van der Waals surface area contributed by atoms with E-state index in [0.717, 1.165) is 25.4 Å². The van der Waals surface area contributed by atoms with Crippen LogP contribution >= 0.6 is 11.6 Å². The van der Waals surface area contributed by atoms with Gasteiger partial charge in [0.2, 0.25) is 0 Å². The summed E-state index contributed by atoms with van der Waals surface area (Å²) in [7, 11) is 0. The van der Waals surface area contributed by atoms with Gasteiger partial charge in [0.15, 0.2) is 0 Å². The lowest BCUT2D eigenvalue weighted by Gasteiger charge is -2.17. The highest BCUT2D eigenvalue weighted by Crippen LogP contribution is 2.16. The highest BCUT2D eigenvalue weighted by molar-refractivity contribution is 6.19. The molecule has 0 aromatic heterocycles. The van der Waals surface area contributed by atoms with E-state index in [4.69, 9.17) is 16.3 Å². The van der Waals surface area contributed by atoms with Crippen molar-refractivity contribution in [3.05, 3.63) is 0 Å². The molecule has 0 fully saturated rings. The third-order valence-electron chi connectivity index (χ3n) is 2.29. The van der Waals surface area contributed by atoms with Gasteiger partial charge in [0.25, 0.3) is 0 Å². The third kappa shape index (κ3) is 7.33. The molecule has 0 N–H and O–H groups in total. The highest BCUT2D eigenvalue weighted by Gasteiger charge is 2.11. The standard InChI is InChI=1S/C11H23ClO/c1-5-10(4)11(12)13-8-6-7-9(2)3/h9-11H,5-8H2,1-4H3. The number of halogens is 1. The van der Waals surface area contributed by atoms with E-state index in [1.165, 1.54) is 6.42 Å². The summed E-state index contributed by atoms with van der Waals surface area (Å²) in [5, 5.41) is 0. The molecule has 0 saturated heterocycles. The minimum atomic E-state index is -0.0998. The highest BCUT2D eigenvalue weighted by atomic mass is 35.5. The van der Waals surface area contributed by atoms with Gasteiger partial charge in [-0.25, -0.2) is 0 Å². The van der Waals surface area contributed by atoms with Gasteiger partial charge >= 0.3 is 0 Å². The summed E-state index contributed by atoms with van der Waals surface area (Å²) < 4.78 is 5.51. The van der Waals surface area contributed by atoms with Crippen LogP contribution in [0.25, 0.3) is 0 Å². The largest absolute Gasteiger partial charge is 0.362 e. The second-order valence-electron chi connectivity index (χ2n) is 4.14. The van der Waals surface area contributed by atoms with Crippen LogP contribution in [0, 0.1) is 11.8 Å². The van der Waals surface area contributed by atoms with Crippen molar-refractivity contribution in [2.24, 2.45) is 11.8 Å². The first-order chi connectivity index (χ1) is 6.07. The van der Waals surface area contributed by atoms with Gasteiger partial charge in [-0.3, -0.25) is 0 Å². The van der Waals surface area contributed by atoms with Crippen molar-refractivity contribution in [1.29, 1.82) is 0 Å². The van der Waals surface area contributed by atoms with Crippen molar-refractivity contribution in [2.45, 2.75) is 52.5 Å². The lowest BCUT2D eigenvalue weighted by molar-refractivity contribution is 0.0679. The predicted molar refractivity (Wildman–Crippen MR) is 59.1 cm³/mol. The maximum atomic E-state index is 6.02. The van der Waals surface area contributed by atoms with Crippen molar-refractivity contribution >= 4 is 11.6 Å². The topological polar surface area (TPSA) is 9.23 Å². The molecule has 0 saturated carbocycles. The first kappa shape index (κ1) is 13.2. The quantitative estimate of drug-likeness (QED) is 0.451. The third-order valence-corrected chi connectivity index (χ3v) is 2.85. The van der Waals surface area contributed by atoms with E-state index in [1.807, 2.05) is 0 Å². The predicted octanol–water partition coefficient (Wildman–Crippen LogP) is 4.05. The zero-order valence-electron chi connectivity index (χ0n) is 9.35. The lowest BCUT2D eigenvalue weighted by atomic mass is 10.1. The van der Waals surface area contributed by atoms with Gasteiger partial charge in [0.1, 0.15) is 5.56 Å². The SMILES string of the molecule is CCC(C)C(Cl)OCCCC(C)C. The van der Waals surface area contributed by atoms with Crippen LogP contribution in [-0.4, -0.2) is 12.2 Å². The van der Waals surface area contributed by atoms with Crippen LogP contribution in [0.2, 0.25) is 0 Å². The monoisotopic (exact) mass is 206 g/mol. The molecule has 1 nitrogen and oxygen atoms in total. The van der Waals surface area contributed by atoms with Gasteiger partial charge in [-0.2, -0.15) is 0 Å². The summed E-state index contributed by atoms with van der Waals surface area (Å²) in [4.78, 5) is 0. The zero-order valence-corrected chi connectivity index (χ0v) is 10.1. The van der Waals surface area contributed by atoms with Crippen LogP contribution in [0.5, 0.6) is 0 Å². The number of alkyl halides is 1. The minimum Gasteiger partial charge on any atom is -0.362 e. The number of hydrogen-bond donors (Lipinski definition) is 0. The van der Waals surface area contributed by atoms with E-state index in [1.54, 1.807) is 0 Å². The van der Waals surface area contributed by atoms with Crippen molar-refractivity contribution in [3.8, 4) is 0 Å². The number of ether oxygens (including phenoxy) is 1. The molecular formula is C11H23ClO. The molecule has 0 aliphatic rings. The van der Waals surface area contributed by atoms with E-state index >= 15 is 0 Å². The van der Waals surface area contributed by atoms with E-state index in [9.17, 15) is 0 Å². The normalized spacial score (nSPS) is 16.2. The van der Waals surface area contributed by atoms with Crippen molar-refractivity contribution in [1.82, 2.24) is 0 Å². The lowest BCUT2D eigenvalue weighted by Crippen LogP contribution is -2.15. The Morgan fingerprint density at radius 2 is 1.85 bits per heavy atom. The Hall–Kier alpha value is 0.250. The summed E-state index contributed by atoms with van der Waals surface area (Å²) in [5.41, 5.74) is -0.0998. The van der Waals surface area contributed by atoms with Crippen LogP contribution in [0.15, 0.2) is 0 Å². The minimum absolute atomic E-state index is 0.0998. The fourth-order valence-electron chi connectivity index (χ4n) is 1.04. The Balaban J connectivity index is 3.31. The summed E-state index contributed by atoms with van der Waals surface area (Å²) in [6.45, 7) is 9.52. The smallest absolute Gasteiger partial charge is 0.133 e. The van der Waals surface area contributed by atoms with Crippen LogP contribution in [0.4, 0.5) is 0 Å². The van der Waals surface area contributed by atoms with E-state index in [2.05, 4.69) is 27.7 Å². The maximum absolute atomic E-state index is 6.02. The van der Waals surface area contributed by atoms with Gasteiger partial charge in [0.05, 0.1) is 0 Å². The molecule has 0 aromatic carbocycles. The first-order valence-corrected chi connectivity index (χ1v) is 5.77. The van der Waals surface area contributed by atoms with Gasteiger partial charge < -0.3 is 4.74 Å². The molecule has 0 aliphatic heterocycles. The molecule has 0 aromatic rings. The molecular weight excluding hydrogens is 184 g/mol. The molecule has 0 amide bonds. The number of rotatable bonds is 7. The molecule has 2 atom stereocenters. The molecule has 0 spiro atoms. The Bertz CT molecular complexity index is 115. The maximum Gasteiger partial charge on any atom is 0.133 e. The first-order valence-electron chi connectivity index (χ1n) is 5.33. The molecule has 2 heteroatoms. The Morgan fingerprint density at radius 1 is 1.23 bits per heavy atom. The van der Waals surface area contributed by atoms with Gasteiger partial charge in [-0.05, 0) is 31.1 Å². The second kappa shape index (κ2) is 7.64. The molecule has 0 bridgehead atoms. The molecule has 0 rings (SSSR count). The van der Waals surface area contributed by atoms with Crippen LogP contribution in [0.1, 0.15) is 47.0 Å². The molecule has 0 radical (unpaired) electrons. The van der Waals surface area contributed by atoms with E-state index in [-0.39, 0.29) is 5.56 Å². The van der Waals surface area contributed by atoms with Crippen LogP contribution in [0.3, 0.4) is 0 Å².